The summed E-state index contributed by atoms with van der Waals surface area (Å²) in [6, 6.07) is 11.9. The number of fused-ring (bicyclic) bond motifs is 2. The van der Waals surface area contributed by atoms with Gasteiger partial charge in [-0.1, -0.05) is 12.1 Å². The number of aromatic nitrogens is 4. The average molecular weight is 420 g/mol. The second-order valence-corrected chi connectivity index (χ2v) is 7.12. The Morgan fingerprint density at radius 3 is 2.74 bits per heavy atom. The van der Waals surface area contributed by atoms with Crippen molar-refractivity contribution in [3.63, 3.8) is 0 Å². The van der Waals surface area contributed by atoms with Crippen LogP contribution in [0, 0.1) is 11.6 Å². The Bertz CT molecular complexity index is 1360. The lowest BCUT2D eigenvalue weighted by atomic mass is 10.0. The van der Waals surface area contributed by atoms with Crippen molar-refractivity contribution in [2.45, 2.75) is 13.0 Å². The van der Waals surface area contributed by atoms with Gasteiger partial charge in [-0.25, -0.2) is 18.7 Å². The molecule has 2 aromatic carbocycles. The lowest BCUT2D eigenvalue weighted by Gasteiger charge is -2.12. The van der Waals surface area contributed by atoms with Gasteiger partial charge in [-0.2, -0.15) is 0 Å². The van der Waals surface area contributed by atoms with E-state index in [2.05, 4.69) is 19.9 Å². The number of aromatic amines is 2. The summed E-state index contributed by atoms with van der Waals surface area (Å²) in [4.78, 5) is 14.6. The monoisotopic (exact) mass is 420 g/mol. The molecule has 0 saturated carbocycles. The summed E-state index contributed by atoms with van der Waals surface area (Å²) in [6.07, 6.45) is 3.09. The van der Waals surface area contributed by atoms with E-state index in [0.29, 0.717) is 28.2 Å². The van der Waals surface area contributed by atoms with E-state index in [1.807, 2.05) is 24.3 Å². The van der Waals surface area contributed by atoms with Crippen LogP contribution in [0.25, 0.3) is 22.1 Å². The Labute approximate surface area is 175 Å². The molecule has 0 radical (unpaired) electrons. The molecule has 0 aliphatic heterocycles. The number of pyridine rings is 1. The number of hydrogen-bond acceptors (Lipinski definition) is 4. The number of hydrogen-bond donors (Lipinski definition) is 2. The topological polar surface area (TPSA) is 75.8 Å². The molecule has 0 fully saturated rings. The van der Waals surface area contributed by atoms with Gasteiger partial charge in [0.1, 0.15) is 29.7 Å². The first-order valence-corrected chi connectivity index (χ1v) is 9.65. The van der Waals surface area contributed by atoms with Crippen LogP contribution in [0.1, 0.15) is 17.0 Å². The fourth-order valence-electron chi connectivity index (χ4n) is 3.59. The van der Waals surface area contributed by atoms with Gasteiger partial charge in [-0.3, -0.25) is 0 Å². The summed E-state index contributed by atoms with van der Waals surface area (Å²) in [5, 5.41) is 0.614. The van der Waals surface area contributed by atoms with Gasteiger partial charge in [-0.15, -0.1) is 0 Å². The minimum atomic E-state index is -0.445. The molecule has 0 unspecified atom stereocenters. The minimum absolute atomic E-state index is 0.136. The summed E-state index contributed by atoms with van der Waals surface area (Å²) in [5.41, 5.74) is 3.42. The maximum Gasteiger partial charge on any atom is 0.164 e. The van der Waals surface area contributed by atoms with Crippen molar-refractivity contribution in [3.05, 3.63) is 83.4 Å². The largest absolute Gasteiger partial charge is 0.493 e. The van der Waals surface area contributed by atoms with Crippen molar-refractivity contribution in [2.75, 3.05) is 7.11 Å². The Kier molecular flexibility index (Phi) is 4.74. The maximum absolute atomic E-state index is 14.9. The molecule has 0 atom stereocenters. The molecular formula is C23H18F2N4O2. The Balaban J connectivity index is 1.39. The molecule has 0 saturated heterocycles. The van der Waals surface area contributed by atoms with Crippen molar-refractivity contribution in [2.24, 2.45) is 0 Å². The number of imidazole rings is 1. The molecule has 0 spiro atoms. The highest BCUT2D eigenvalue weighted by molar-refractivity contribution is 5.80. The highest BCUT2D eigenvalue weighted by Gasteiger charge is 2.15. The highest BCUT2D eigenvalue weighted by Crippen LogP contribution is 2.32. The normalized spacial score (nSPS) is 11.3. The van der Waals surface area contributed by atoms with Gasteiger partial charge in [0, 0.05) is 24.1 Å². The van der Waals surface area contributed by atoms with Gasteiger partial charge >= 0.3 is 0 Å². The van der Waals surface area contributed by atoms with E-state index in [9.17, 15) is 8.78 Å². The van der Waals surface area contributed by atoms with Crippen LogP contribution in [0.15, 0.2) is 54.9 Å². The van der Waals surface area contributed by atoms with Gasteiger partial charge < -0.3 is 19.4 Å². The van der Waals surface area contributed by atoms with Crippen LogP contribution >= 0.6 is 0 Å². The highest BCUT2D eigenvalue weighted by atomic mass is 19.1. The van der Waals surface area contributed by atoms with Crippen molar-refractivity contribution in [1.82, 2.24) is 19.9 Å². The van der Waals surface area contributed by atoms with E-state index in [4.69, 9.17) is 9.47 Å². The molecule has 3 heterocycles. The molecule has 5 rings (SSSR count). The SMILES string of the molecule is COc1cc(Cc2c[nH]c3ncc(F)cc23)c(F)cc1OCc1nc2ccccc2[nH]1. The van der Waals surface area contributed by atoms with Gasteiger partial charge in [0.05, 0.1) is 24.3 Å². The number of benzene rings is 2. The van der Waals surface area contributed by atoms with Crippen LogP contribution in [-0.2, 0) is 13.0 Å². The van der Waals surface area contributed by atoms with E-state index in [-0.39, 0.29) is 18.8 Å². The molecular weight excluding hydrogens is 402 g/mol. The van der Waals surface area contributed by atoms with Crippen molar-refractivity contribution in [3.8, 4) is 11.5 Å². The number of rotatable bonds is 6. The molecule has 0 aliphatic carbocycles. The third kappa shape index (κ3) is 3.68. The molecule has 2 N–H and O–H groups in total. The van der Waals surface area contributed by atoms with Gasteiger partial charge in [-0.05, 0) is 35.4 Å². The second kappa shape index (κ2) is 7.71. The van der Waals surface area contributed by atoms with Gasteiger partial charge in [0.2, 0.25) is 0 Å². The van der Waals surface area contributed by atoms with Crippen LogP contribution in [0.3, 0.4) is 0 Å². The fraction of sp³-hybridized carbons (Fsp3) is 0.130. The smallest absolute Gasteiger partial charge is 0.164 e. The number of nitrogens with zero attached hydrogens (tertiary/aromatic N) is 2. The Hall–Kier alpha value is -3.94. The third-order valence-electron chi connectivity index (χ3n) is 5.10. The summed E-state index contributed by atoms with van der Waals surface area (Å²) in [7, 11) is 1.50. The molecule has 8 heteroatoms. The van der Waals surface area contributed by atoms with Gasteiger partial charge in [0.15, 0.2) is 11.5 Å². The summed E-state index contributed by atoms with van der Waals surface area (Å²) < 4.78 is 39.6. The molecule has 0 aliphatic rings. The number of H-pyrrole nitrogens is 2. The van der Waals surface area contributed by atoms with Crippen LogP contribution in [0.4, 0.5) is 8.78 Å². The van der Waals surface area contributed by atoms with Crippen LogP contribution in [0.5, 0.6) is 11.5 Å². The lowest BCUT2D eigenvalue weighted by molar-refractivity contribution is 0.275. The second-order valence-electron chi connectivity index (χ2n) is 7.12. The number of halogens is 2. The summed E-state index contributed by atoms with van der Waals surface area (Å²) >= 11 is 0. The zero-order valence-corrected chi connectivity index (χ0v) is 16.6. The zero-order valence-electron chi connectivity index (χ0n) is 16.6. The van der Waals surface area contributed by atoms with Crippen molar-refractivity contribution < 1.29 is 18.3 Å². The van der Waals surface area contributed by atoms with Crippen LogP contribution in [-0.4, -0.2) is 27.0 Å². The fourth-order valence-corrected chi connectivity index (χ4v) is 3.59. The Morgan fingerprint density at radius 2 is 1.90 bits per heavy atom. The van der Waals surface area contributed by atoms with E-state index < -0.39 is 11.6 Å². The van der Waals surface area contributed by atoms with E-state index in [1.54, 1.807) is 12.3 Å². The number of para-hydroxylation sites is 2. The molecule has 6 nitrogen and oxygen atoms in total. The number of nitrogens with one attached hydrogen (secondary N) is 2. The van der Waals surface area contributed by atoms with E-state index >= 15 is 0 Å². The lowest BCUT2D eigenvalue weighted by Crippen LogP contribution is -2.02. The predicted octanol–water partition coefficient (Wildman–Crippen LogP) is 4.90. The van der Waals surface area contributed by atoms with Crippen LogP contribution < -0.4 is 9.47 Å². The predicted molar refractivity (Wildman–Crippen MR) is 112 cm³/mol. The first-order chi connectivity index (χ1) is 15.1. The van der Waals surface area contributed by atoms with E-state index in [0.717, 1.165) is 22.8 Å². The minimum Gasteiger partial charge on any atom is -0.493 e. The first kappa shape index (κ1) is 19.0. The molecule has 156 valence electrons. The van der Waals surface area contributed by atoms with Crippen molar-refractivity contribution >= 4 is 22.1 Å². The van der Waals surface area contributed by atoms with Crippen LogP contribution in [0.2, 0.25) is 0 Å². The molecule has 31 heavy (non-hydrogen) atoms. The van der Waals surface area contributed by atoms with Gasteiger partial charge in [0.25, 0.3) is 0 Å². The average Bonchev–Trinajstić information content (AvgIpc) is 3.37. The standard InChI is InChI=1S/C23H18F2N4O2/c1-30-20-7-13(6-14-10-26-23-16(14)8-15(24)11-27-23)17(25)9-21(20)31-12-22-28-18-4-2-3-5-19(18)29-22/h2-5,7-11H,6,12H2,1H3,(H,26,27)(H,28,29). The molecule has 0 amide bonds. The Morgan fingerprint density at radius 1 is 1.03 bits per heavy atom. The third-order valence-corrected chi connectivity index (χ3v) is 5.10. The molecule has 5 aromatic rings. The maximum atomic E-state index is 14.9. The number of methoxy groups -OCH3 is 1. The first-order valence-electron chi connectivity index (χ1n) is 9.65. The summed E-state index contributed by atoms with van der Waals surface area (Å²) in [6.45, 7) is 0.136. The molecule has 3 aromatic heterocycles. The van der Waals surface area contributed by atoms with E-state index in [1.165, 1.54) is 19.2 Å². The zero-order chi connectivity index (χ0) is 21.4. The molecule has 0 bridgehead atoms. The van der Waals surface area contributed by atoms with Crippen molar-refractivity contribution in [1.29, 1.82) is 0 Å². The number of ether oxygens (including phenoxy) is 2. The summed E-state index contributed by atoms with van der Waals surface area (Å²) in [5.74, 6) is 0.411. The quantitative estimate of drug-likeness (QED) is 0.410.